The van der Waals surface area contributed by atoms with Gasteiger partial charge in [-0.25, -0.2) is 0 Å². The SMILES string of the molecule is CCC(C=O)c1ccc(C)c2nc(Oc3c(C)cc(Cl)cc3Cl)n(C)c12. The van der Waals surface area contributed by atoms with E-state index >= 15 is 0 Å². The van der Waals surface area contributed by atoms with Gasteiger partial charge in [0.2, 0.25) is 0 Å². The largest absolute Gasteiger partial charge is 0.424 e. The molecular formula is C20H20Cl2N2O2. The van der Waals surface area contributed by atoms with Crippen molar-refractivity contribution in [1.82, 2.24) is 9.55 Å². The number of aromatic nitrogens is 2. The zero-order chi connectivity index (χ0) is 19.0. The molecule has 1 unspecified atom stereocenters. The molecular weight excluding hydrogens is 371 g/mol. The van der Waals surface area contributed by atoms with Crippen LogP contribution in [0, 0.1) is 13.8 Å². The molecule has 2 aromatic carbocycles. The summed E-state index contributed by atoms with van der Waals surface area (Å²) in [7, 11) is 1.88. The number of aryl methyl sites for hydroxylation is 3. The molecule has 1 heterocycles. The van der Waals surface area contributed by atoms with Gasteiger partial charge >= 0.3 is 6.01 Å². The molecule has 0 amide bonds. The molecule has 0 bridgehead atoms. The quantitative estimate of drug-likeness (QED) is 0.503. The summed E-state index contributed by atoms with van der Waals surface area (Å²) in [6.07, 6.45) is 1.71. The third-order valence-electron chi connectivity index (χ3n) is 4.60. The summed E-state index contributed by atoms with van der Waals surface area (Å²) in [6.45, 7) is 5.87. The number of nitrogens with zero attached hydrogens (tertiary/aromatic N) is 2. The second-order valence-corrected chi connectivity index (χ2v) is 7.25. The number of aldehydes is 1. The molecule has 1 aromatic heterocycles. The minimum atomic E-state index is -0.179. The summed E-state index contributed by atoms with van der Waals surface area (Å²) in [4.78, 5) is 16.2. The zero-order valence-electron chi connectivity index (χ0n) is 15.1. The lowest BCUT2D eigenvalue weighted by Crippen LogP contribution is -2.03. The van der Waals surface area contributed by atoms with Gasteiger partial charge in [0.25, 0.3) is 0 Å². The first-order valence-corrected chi connectivity index (χ1v) is 9.17. The number of fused-ring (bicyclic) bond motifs is 1. The standard InChI is InChI=1S/C20H20Cl2N2O2/c1-5-13(10-25)15-7-6-11(2)17-18(15)24(4)20(23-17)26-19-12(3)8-14(21)9-16(19)22/h6-10,13H,5H2,1-4H3. The van der Waals surface area contributed by atoms with Crippen molar-refractivity contribution in [3.63, 3.8) is 0 Å². The third-order valence-corrected chi connectivity index (χ3v) is 5.10. The summed E-state index contributed by atoms with van der Waals surface area (Å²) in [5.74, 6) is 0.346. The van der Waals surface area contributed by atoms with Crippen LogP contribution in [0.3, 0.4) is 0 Å². The second-order valence-electron chi connectivity index (χ2n) is 6.41. The van der Waals surface area contributed by atoms with E-state index in [1.165, 1.54) is 0 Å². The predicted octanol–water partition coefficient (Wildman–Crippen LogP) is 5.98. The fourth-order valence-electron chi connectivity index (χ4n) is 3.15. The van der Waals surface area contributed by atoms with E-state index in [9.17, 15) is 4.79 Å². The lowest BCUT2D eigenvalue weighted by molar-refractivity contribution is -0.109. The van der Waals surface area contributed by atoms with Gasteiger partial charge in [0, 0.05) is 18.0 Å². The summed E-state index contributed by atoms with van der Waals surface area (Å²) in [6, 6.07) is 7.84. The number of ether oxygens (including phenoxy) is 1. The van der Waals surface area contributed by atoms with Crippen molar-refractivity contribution in [2.45, 2.75) is 33.1 Å². The number of rotatable bonds is 5. The van der Waals surface area contributed by atoms with Crippen LogP contribution in [0.4, 0.5) is 0 Å². The van der Waals surface area contributed by atoms with Gasteiger partial charge in [-0.2, -0.15) is 4.98 Å². The Hall–Kier alpha value is -2.04. The van der Waals surface area contributed by atoms with Gasteiger partial charge in [-0.1, -0.05) is 42.3 Å². The van der Waals surface area contributed by atoms with Gasteiger partial charge in [0.15, 0.2) is 5.75 Å². The van der Waals surface area contributed by atoms with Crippen LogP contribution in [-0.2, 0) is 11.8 Å². The minimum absolute atomic E-state index is 0.179. The van der Waals surface area contributed by atoms with Gasteiger partial charge in [-0.05, 0) is 49.1 Å². The number of hydrogen-bond donors (Lipinski definition) is 0. The molecule has 0 aliphatic carbocycles. The van der Waals surface area contributed by atoms with Crippen molar-refractivity contribution < 1.29 is 9.53 Å². The van der Waals surface area contributed by atoms with Crippen LogP contribution in [0.15, 0.2) is 24.3 Å². The predicted molar refractivity (Wildman–Crippen MR) is 106 cm³/mol. The number of hydrogen-bond acceptors (Lipinski definition) is 3. The molecule has 3 aromatic rings. The van der Waals surface area contributed by atoms with E-state index in [4.69, 9.17) is 27.9 Å². The zero-order valence-corrected chi connectivity index (χ0v) is 16.6. The highest BCUT2D eigenvalue weighted by Crippen LogP contribution is 2.37. The summed E-state index contributed by atoms with van der Waals surface area (Å²) >= 11 is 12.3. The maximum Gasteiger partial charge on any atom is 0.302 e. The van der Waals surface area contributed by atoms with Crippen molar-refractivity contribution in [3.05, 3.63) is 51.0 Å². The highest BCUT2D eigenvalue weighted by atomic mass is 35.5. The van der Waals surface area contributed by atoms with Crippen molar-refractivity contribution >= 4 is 40.5 Å². The number of benzene rings is 2. The van der Waals surface area contributed by atoms with E-state index in [-0.39, 0.29) is 5.92 Å². The minimum Gasteiger partial charge on any atom is -0.424 e. The molecule has 0 N–H and O–H groups in total. The van der Waals surface area contributed by atoms with Gasteiger partial charge < -0.3 is 9.53 Å². The molecule has 6 heteroatoms. The lowest BCUT2D eigenvalue weighted by Gasteiger charge is -2.13. The number of carbonyl (C=O) groups is 1. The first-order valence-electron chi connectivity index (χ1n) is 8.42. The van der Waals surface area contributed by atoms with E-state index in [0.29, 0.717) is 21.8 Å². The topological polar surface area (TPSA) is 44.1 Å². The molecule has 0 fully saturated rings. The maximum absolute atomic E-state index is 11.5. The Morgan fingerprint density at radius 2 is 1.96 bits per heavy atom. The van der Waals surface area contributed by atoms with Crippen LogP contribution in [0.2, 0.25) is 10.0 Å². The number of halogens is 2. The van der Waals surface area contributed by atoms with Crippen molar-refractivity contribution in [3.8, 4) is 11.8 Å². The fraction of sp³-hybridized carbons (Fsp3) is 0.300. The summed E-state index contributed by atoms with van der Waals surface area (Å²) in [5.41, 5.74) is 4.52. The van der Waals surface area contributed by atoms with Gasteiger partial charge in [0.1, 0.15) is 6.29 Å². The van der Waals surface area contributed by atoms with Crippen LogP contribution in [0.1, 0.15) is 36.0 Å². The van der Waals surface area contributed by atoms with Crippen LogP contribution >= 0.6 is 23.2 Å². The highest BCUT2D eigenvalue weighted by Gasteiger charge is 2.20. The molecule has 0 saturated heterocycles. The Morgan fingerprint density at radius 1 is 1.23 bits per heavy atom. The molecule has 0 radical (unpaired) electrons. The molecule has 4 nitrogen and oxygen atoms in total. The maximum atomic E-state index is 11.5. The fourth-order valence-corrected chi connectivity index (χ4v) is 3.78. The molecule has 3 rings (SSSR count). The van der Waals surface area contributed by atoms with Crippen LogP contribution < -0.4 is 4.74 Å². The van der Waals surface area contributed by atoms with Crippen molar-refractivity contribution in [1.29, 1.82) is 0 Å². The van der Waals surface area contributed by atoms with E-state index in [2.05, 4.69) is 4.98 Å². The van der Waals surface area contributed by atoms with Crippen LogP contribution in [0.5, 0.6) is 11.8 Å². The van der Waals surface area contributed by atoms with E-state index in [1.807, 2.05) is 44.5 Å². The Labute approximate surface area is 162 Å². The van der Waals surface area contributed by atoms with E-state index in [1.54, 1.807) is 12.1 Å². The number of imidazole rings is 1. The smallest absolute Gasteiger partial charge is 0.302 e. The molecule has 0 spiro atoms. The van der Waals surface area contributed by atoms with E-state index in [0.717, 1.165) is 40.4 Å². The van der Waals surface area contributed by atoms with Crippen LogP contribution in [-0.4, -0.2) is 15.8 Å². The first kappa shape index (κ1) is 18.7. The molecule has 0 aliphatic heterocycles. The second kappa shape index (κ2) is 7.29. The average molecular weight is 391 g/mol. The molecule has 1 atom stereocenters. The normalized spacial score (nSPS) is 12.4. The molecule has 136 valence electrons. The van der Waals surface area contributed by atoms with Crippen LogP contribution in [0.25, 0.3) is 11.0 Å². The molecule has 26 heavy (non-hydrogen) atoms. The number of carbonyl (C=O) groups excluding carboxylic acids is 1. The molecule has 0 aliphatic rings. The summed E-state index contributed by atoms with van der Waals surface area (Å²) in [5, 5.41) is 0.984. The Morgan fingerprint density at radius 3 is 2.58 bits per heavy atom. The van der Waals surface area contributed by atoms with Gasteiger partial charge in [0.05, 0.1) is 16.1 Å². The Bertz CT molecular complexity index is 972. The van der Waals surface area contributed by atoms with Gasteiger partial charge in [-0.3, -0.25) is 4.57 Å². The first-order chi connectivity index (χ1) is 12.4. The Balaban J connectivity index is 2.17. The van der Waals surface area contributed by atoms with Crippen molar-refractivity contribution in [2.75, 3.05) is 0 Å². The highest BCUT2D eigenvalue weighted by molar-refractivity contribution is 6.35. The van der Waals surface area contributed by atoms with Crippen molar-refractivity contribution in [2.24, 2.45) is 7.05 Å². The van der Waals surface area contributed by atoms with E-state index < -0.39 is 0 Å². The Kier molecular flexibility index (Phi) is 5.26. The molecule has 0 saturated carbocycles. The lowest BCUT2D eigenvalue weighted by atomic mass is 9.95. The third kappa shape index (κ3) is 3.19. The summed E-state index contributed by atoms with van der Waals surface area (Å²) < 4.78 is 7.91. The van der Waals surface area contributed by atoms with Gasteiger partial charge in [-0.15, -0.1) is 0 Å². The monoisotopic (exact) mass is 390 g/mol. The average Bonchev–Trinajstić information content (AvgIpc) is 2.92.